The zero-order valence-electron chi connectivity index (χ0n) is 11.3. The van der Waals surface area contributed by atoms with Gasteiger partial charge in [-0.3, -0.25) is 4.79 Å². The molecule has 1 heterocycles. The number of nitrogens with zero attached hydrogens (tertiary/aromatic N) is 2. The normalized spacial score (nSPS) is 12.1. The molecule has 2 aromatic carbocycles. The number of hydrogen-bond donors (Lipinski definition) is 0. The second-order valence-corrected chi connectivity index (χ2v) is 5.58. The lowest BCUT2D eigenvalue weighted by atomic mass is 10.2. The Bertz CT molecular complexity index is 959. The molecule has 0 unspecified atom stereocenters. The first-order chi connectivity index (χ1) is 10.5. The summed E-state index contributed by atoms with van der Waals surface area (Å²) in [4.78, 5) is 16.0. The zero-order chi connectivity index (χ0) is 15.9. The maximum atomic E-state index is 13.8. The van der Waals surface area contributed by atoms with E-state index in [1.807, 2.05) is 0 Å². The Kier molecular flexibility index (Phi) is 3.58. The Morgan fingerprint density at radius 2 is 1.86 bits per heavy atom. The van der Waals surface area contributed by atoms with Crippen LogP contribution in [-0.4, -0.2) is 10.5 Å². The van der Waals surface area contributed by atoms with E-state index in [1.54, 1.807) is 0 Å². The van der Waals surface area contributed by atoms with Gasteiger partial charge in [-0.15, -0.1) is 0 Å². The molecule has 0 bridgehead atoms. The molecule has 0 N–H and O–H groups in total. The van der Waals surface area contributed by atoms with Crippen molar-refractivity contribution in [1.29, 1.82) is 0 Å². The summed E-state index contributed by atoms with van der Waals surface area (Å²) >= 11 is 0.954. The highest BCUT2D eigenvalue weighted by Gasteiger charge is 2.13. The SMILES string of the molecule is Cn1c(=NC(=O)c2ccccc2F)sc2cc(F)cc(F)c21. The number of aryl methyl sites for hydroxylation is 1. The molecule has 3 nitrogen and oxygen atoms in total. The average Bonchev–Trinajstić information content (AvgIpc) is 2.75. The molecule has 0 fully saturated rings. The van der Waals surface area contributed by atoms with Crippen LogP contribution in [-0.2, 0) is 7.05 Å². The van der Waals surface area contributed by atoms with E-state index >= 15 is 0 Å². The molecule has 1 amide bonds. The fraction of sp³-hybridized carbons (Fsp3) is 0.0667. The third kappa shape index (κ3) is 2.43. The molecule has 22 heavy (non-hydrogen) atoms. The molecule has 0 atom stereocenters. The Morgan fingerprint density at radius 3 is 2.59 bits per heavy atom. The zero-order valence-corrected chi connectivity index (χ0v) is 12.1. The predicted molar refractivity (Wildman–Crippen MR) is 77.0 cm³/mol. The van der Waals surface area contributed by atoms with Crippen molar-refractivity contribution in [2.45, 2.75) is 0 Å². The van der Waals surface area contributed by atoms with Gasteiger partial charge in [0.15, 0.2) is 10.6 Å². The van der Waals surface area contributed by atoms with Gasteiger partial charge in [0.2, 0.25) is 0 Å². The molecule has 0 saturated carbocycles. The summed E-state index contributed by atoms with van der Waals surface area (Å²) in [6.45, 7) is 0. The summed E-state index contributed by atoms with van der Waals surface area (Å²) in [5, 5.41) is 0. The van der Waals surface area contributed by atoms with Crippen LogP contribution in [0, 0.1) is 17.5 Å². The fourth-order valence-corrected chi connectivity index (χ4v) is 3.14. The molecule has 112 valence electrons. The number of amides is 1. The third-order valence-electron chi connectivity index (χ3n) is 3.12. The summed E-state index contributed by atoms with van der Waals surface area (Å²) < 4.78 is 42.3. The highest BCUT2D eigenvalue weighted by atomic mass is 32.1. The Hall–Kier alpha value is -2.41. The second-order valence-electron chi connectivity index (χ2n) is 4.57. The van der Waals surface area contributed by atoms with Crippen molar-refractivity contribution >= 4 is 27.5 Å². The maximum absolute atomic E-state index is 13.8. The van der Waals surface area contributed by atoms with Crippen LogP contribution in [0.2, 0.25) is 0 Å². The molecule has 3 aromatic rings. The van der Waals surface area contributed by atoms with Crippen molar-refractivity contribution in [3.63, 3.8) is 0 Å². The lowest BCUT2D eigenvalue weighted by molar-refractivity contribution is 0.0994. The lowest BCUT2D eigenvalue weighted by Crippen LogP contribution is -2.14. The largest absolute Gasteiger partial charge is 0.317 e. The smallest absolute Gasteiger partial charge is 0.282 e. The molecule has 0 saturated heterocycles. The van der Waals surface area contributed by atoms with Crippen molar-refractivity contribution in [2.75, 3.05) is 0 Å². The van der Waals surface area contributed by atoms with Gasteiger partial charge < -0.3 is 4.57 Å². The van der Waals surface area contributed by atoms with Gasteiger partial charge >= 0.3 is 0 Å². The van der Waals surface area contributed by atoms with E-state index in [4.69, 9.17) is 0 Å². The lowest BCUT2D eigenvalue weighted by Gasteiger charge is -1.98. The maximum Gasteiger partial charge on any atom is 0.282 e. The van der Waals surface area contributed by atoms with Gasteiger partial charge in [0.25, 0.3) is 5.91 Å². The number of carbonyl (C=O) groups excluding carboxylic acids is 1. The number of fused-ring (bicyclic) bond motifs is 1. The monoisotopic (exact) mass is 322 g/mol. The summed E-state index contributed by atoms with van der Waals surface area (Å²) in [5.74, 6) is -2.91. The van der Waals surface area contributed by atoms with Crippen LogP contribution >= 0.6 is 11.3 Å². The van der Waals surface area contributed by atoms with Crippen LogP contribution in [0.5, 0.6) is 0 Å². The Labute approximate surface area is 127 Å². The highest BCUT2D eigenvalue weighted by molar-refractivity contribution is 7.16. The molecule has 7 heteroatoms. The Balaban J connectivity index is 2.18. The first-order valence-corrected chi connectivity index (χ1v) is 7.07. The summed E-state index contributed by atoms with van der Waals surface area (Å²) in [7, 11) is 1.51. The summed E-state index contributed by atoms with van der Waals surface area (Å²) in [6.07, 6.45) is 0. The minimum Gasteiger partial charge on any atom is -0.317 e. The first kappa shape index (κ1) is 14.5. The fourth-order valence-electron chi connectivity index (χ4n) is 2.09. The van der Waals surface area contributed by atoms with Crippen LogP contribution < -0.4 is 4.80 Å². The number of rotatable bonds is 1. The van der Waals surface area contributed by atoms with Gasteiger partial charge in [-0.1, -0.05) is 23.5 Å². The molecule has 3 rings (SSSR count). The van der Waals surface area contributed by atoms with Gasteiger partial charge in [0, 0.05) is 13.1 Å². The van der Waals surface area contributed by atoms with Gasteiger partial charge in [-0.2, -0.15) is 4.99 Å². The molecule has 0 aliphatic carbocycles. The Morgan fingerprint density at radius 1 is 1.14 bits per heavy atom. The van der Waals surface area contributed by atoms with Gasteiger partial charge in [0.05, 0.1) is 15.8 Å². The minimum atomic E-state index is -0.777. The van der Waals surface area contributed by atoms with Gasteiger partial charge in [0.1, 0.15) is 11.6 Å². The summed E-state index contributed by atoms with van der Waals surface area (Å²) in [6, 6.07) is 7.38. The second kappa shape index (κ2) is 5.42. The van der Waals surface area contributed by atoms with E-state index in [-0.39, 0.29) is 15.9 Å². The summed E-state index contributed by atoms with van der Waals surface area (Å²) in [5.41, 5.74) is -0.0295. The topological polar surface area (TPSA) is 34.4 Å². The molecule has 0 aliphatic heterocycles. The number of thiazole rings is 1. The predicted octanol–water partition coefficient (Wildman–Crippen LogP) is 3.40. The van der Waals surface area contributed by atoms with E-state index in [0.29, 0.717) is 4.70 Å². The quantitative estimate of drug-likeness (QED) is 0.676. The van der Waals surface area contributed by atoms with E-state index in [2.05, 4.69) is 4.99 Å². The number of halogens is 3. The van der Waals surface area contributed by atoms with Crippen LogP contribution in [0.25, 0.3) is 10.2 Å². The standard InChI is InChI=1S/C15H9F3N2OS/c1-20-13-11(18)6-8(16)7-12(13)22-15(20)19-14(21)9-4-2-3-5-10(9)17/h2-7H,1H3. The van der Waals surface area contributed by atoms with Crippen molar-refractivity contribution in [3.05, 3.63) is 64.2 Å². The molecule has 0 spiro atoms. The number of hydrogen-bond acceptors (Lipinski definition) is 2. The minimum absolute atomic E-state index is 0.145. The number of aromatic nitrogens is 1. The van der Waals surface area contributed by atoms with Crippen molar-refractivity contribution in [1.82, 2.24) is 4.57 Å². The number of benzene rings is 2. The van der Waals surface area contributed by atoms with E-state index in [9.17, 15) is 18.0 Å². The van der Waals surface area contributed by atoms with Crippen molar-refractivity contribution in [2.24, 2.45) is 12.0 Å². The average molecular weight is 322 g/mol. The van der Waals surface area contributed by atoms with Crippen LogP contribution in [0.4, 0.5) is 13.2 Å². The van der Waals surface area contributed by atoms with E-state index < -0.39 is 23.4 Å². The molecule has 0 aliphatic rings. The highest BCUT2D eigenvalue weighted by Crippen LogP contribution is 2.21. The molecular formula is C15H9F3N2OS. The van der Waals surface area contributed by atoms with Crippen molar-refractivity contribution < 1.29 is 18.0 Å². The van der Waals surface area contributed by atoms with Crippen LogP contribution in [0.1, 0.15) is 10.4 Å². The number of carbonyl (C=O) groups is 1. The molecule has 1 aromatic heterocycles. The van der Waals surface area contributed by atoms with Gasteiger partial charge in [-0.25, -0.2) is 13.2 Å². The van der Waals surface area contributed by atoms with E-state index in [1.165, 1.54) is 29.8 Å². The third-order valence-corrected chi connectivity index (χ3v) is 4.20. The first-order valence-electron chi connectivity index (χ1n) is 6.25. The van der Waals surface area contributed by atoms with Crippen LogP contribution in [0.3, 0.4) is 0 Å². The van der Waals surface area contributed by atoms with Gasteiger partial charge in [-0.05, 0) is 18.2 Å². The molecular weight excluding hydrogens is 313 g/mol. The van der Waals surface area contributed by atoms with E-state index in [0.717, 1.165) is 29.5 Å². The van der Waals surface area contributed by atoms with Crippen molar-refractivity contribution in [3.8, 4) is 0 Å². The van der Waals surface area contributed by atoms with Crippen LogP contribution in [0.15, 0.2) is 41.4 Å². The molecule has 0 radical (unpaired) electrons.